The number of nitrogens with two attached hydrogens (primary N) is 1. The van der Waals surface area contributed by atoms with Gasteiger partial charge in [-0.3, -0.25) is 9.78 Å². The molecule has 3 aromatic rings. The van der Waals surface area contributed by atoms with Crippen molar-refractivity contribution >= 4 is 28.4 Å². The van der Waals surface area contributed by atoms with E-state index in [0.29, 0.717) is 37.6 Å². The first-order valence-electron chi connectivity index (χ1n) is 14.8. The third-order valence-corrected chi connectivity index (χ3v) is 9.49. The van der Waals surface area contributed by atoms with E-state index in [1.165, 1.54) is 0 Å². The van der Waals surface area contributed by atoms with E-state index in [2.05, 4.69) is 18.2 Å². The van der Waals surface area contributed by atoms with Crippen LogP contribution < -0.4 is 5.73 Å². The molecule has 1 aromatic heterocycles. The number of carbonyl (C=O) groups is 1. The lowest BCUT2D eigenvalue weighted by molar-refractivity contribution is -0.143. The zero-order chi connectivity index (χ0) is 29.0. The first-order chi connectivity index (χ1) is 19.9. The Morgan fingerprint density at radius 1 is 1.17 bits per heavy atom. The number of aliphatic hydroxyl groups is 1. The Kier molecular flexibility index (Phi) is 9.62. The number of methoxy groups -OCH3 is 2. The molecule has 0 unspecified atom stereocenters. The number of ether oxygens (including phenoxy) is 2. The number of piperidine rings is 1. The molecule has 1 saturated heterocycles. The summed E-state index contributed by atoms with van der Waals surface area (Å²) < 4.78 is 12.0. The number of pyridine rings is 1. The van der Waals surface area contributed by atoms with Crippen LogP contribution in [-0.2, 0) is 19.9 Å². The van der Waals surface area contributed by atoms with E-state index in [9.17, 15) is 9.90 Å². The van der Waals surface area contributed by atoms with Gasteiger partial charge in [0.25, 0.3) is 0 Å². The fourth-order valence-electron chi connectivity index (χ4n) is 7.02. The lowest BCUT2D eigenvalue weighted by atomic mass is 9.71. The number of amides is 1. The van der Waals surface area contributed by atoms with E-state index in [4.69, 9.17) is 31.8 Å². The number of halogens is 1. The van der Waals surface area contributed by atoms with Gasteiger partial charge in [0.1, 0.15) is 0 Å². The highest BCUT2D eigenvalue weighted by molar-refractivity contribution is 6.33. The molecule has 5 atom stereocenters. The predicted molar refractivity (Wildman–Crippen MR) is 163 cm³/mol. The molecule has 220 valence electrons. The maximum absolute atomic E-state index is 13.6. The Morgan fingerprint density at radius 3 is 2.76 bits per heavy atom. The van der Waals surface area contributed by atoms with Gasteiger partial charge in [-0.05, 0) is 68.7 Å². The average molecular weight is 580 g/mol. The van der Waals surface area contributed by atoms with Gasteiger partial charge in [-0.25, -0.2) is 0 Å². The van der Waals surface area contributed by atoms with Crippen molar-refractivity contribution in [2.75, 3.05) is 33.9 Å². The zero-order valence-corrected chi connectivity index (χ0v) is 24.9. The van der Waals surface area contributed by atoms with Crippen LogP contribution >= 0.6 is 11.6 Å². The number of likely N-dealkylation sites (tertiary alicyclic amines) is 1. The van der Waals surface area contributed by atoms with Gasteiger partial charge in [-0.1, -0.05) is 41.9 Å². The number of benzene rings is 2. The summed E-state index contributed by atoms with van der Waals surface area (Å²) in [7, 11) is 3.51. The number of hydrogen-bond acceptors (Lipinski definition) is 6. The van der Waals surface area contributed by atoms with Crippen LogP contribution in [-0.4, -0.2) is 67.0 Å². The van der Waals surface area contributed by atoms with E-state index in [-0.39, 0.29) is 23.8 Å². The average Bonchev–Trinajstić information content (AvgIpc) is 3.34. The first kappa shape index (κ1) is 29.9. The normalized spacial score (nSPS) is 24.5. The maximum Gasteiger partial charge on any atom is 0.225 e. The van der Waals surface area contributed by atoms with Gasteiger partial charge in [0.15, 0.2) is 0 Å². The molecular formula is C33H42ClN3O4. The molecule has 2 aromatic carbocycles. The Labute approximate surface area is 248 Å². The Hall–Kier alpha value is -2.55. The highest BCUT2D eigenvalue weighted by atomic mass is 35.5. The molecule has 3 N–H and O–H groups in total. The van der Waals surface area contributed by atoms with Gasteiger partial charge in [-0.15, -0.1) is 0 Å². The molecule has 2 aliphatic rings. The molecule has 1 saturated carbocycles. The SMILES string of the molecule is COCCCC[C@@](OC)(c1cccc(Cl)c1-c1cnc2ccccc2c1)[C@@H]1CCCN(C(=O)[C@H]2C[C@@H](N)[C@@H](O)C2)C1. The number of rotatable bonds is 10. The molecular weight excluding hydrogens is 538 g/mol. The number of fused-ring (bicyclic) bond motifs is 1. The number of hydrogen-bond donors (Lipinski definition) is 2. The molecule has 1 amide bonds. The van der Waals surface area contributed by atoms with Crippen LogP contribution in [0.3, 0.4) is 0 Å². The first-order valence-corrected chi connectivity index (χ1v) is 15.2. The summed E-state index contributed by atoms with van der Waals surface area (Å²) in [6.45, 7) is 1.97. The summed E-state index contributed by atoms with van der Waals surface area (Å²) in [6.07, 6.45) is 6.62. The van der Waals surface area contributed by atoms with Crippen LogP contribution in [0.4, 0.5) is 0 Å². The fraction of sp³-hybridized carbons (Fsp3) is 0.515. The Morgan fingerprint density at radius 2 is 2.00 bits per heavy atom. The van der Waals surface area contributed by atoms with Crippen molar-refractivity contribution < 1.29 is 19.4 Å². The Bertz CT molecular complexity index is 1340. The highest BCUT2D eigenvalue weighted by Crippen LogP contribution is 2.48. The number of nitrogens with zero attached hydrogens (tertiary/aromatic N) is 2. The van der Waals surface area contributed by atoms with Gasteiger partial charge in [-0.2, -0.15) is 0 Å². The number of para-hydroxylation sites is 1. The van der Waals surface area contributed by atoms with E-state index in [1.54, 1.807) is 14.2 Å². The topological polar surface area (TPSA) is 97.9 Å². The molecule has 7 nitrogen and oxygen atoms in total. The van der Waals surface area contributed by atoms with Gasteiger partial charge >= 0.3 is 0 Å². The quantitative estimate of drug-likeness (QED) is 0.306. The molecule has 0 bridgehead atoms. The van der Waals surface area contributed by atoms with Crippen LogP contribution in [0, 0.1) is 11.8 Å². The molecule has 2 fully saturated rings. The second-order valence-corrected chi connectivity index (χ2v) is 12.1. The number of aliphatic hydroxyl groups excluding tert-OH is 1. The van der Waals surface area contributed by atoms with E-state index < -0.39 is 11.7 Å². The molecule has 2 heterocycles. The number of unbranched alkanes of at least 4 members (excludes halogenated alkanes) is 1. The zero-order valence-electron chi connectivity index (χ0n) is 24.1. The number of carbonyl (C=O) groups excluding carboxylic acids is 1. The van der Waals surface area contributed by atoms with Crippen molar-refractivity contribution in [1.82, 2.24) is 9.88 Å². The van der Waals surface area contributed by atoms with Crippen molar-refractivity contribution in [3.63, 3.8) is 0 Å². The van der Waals surface area contributed by atoms with Gasteiger partial charge in [0, 0.05) is 79.5 Å². The molecule has 41 heavy (non-hydrogen) atoms. The lowest BCUT2D eigenvalue weighted by Gasteiger charge is -2.46. The van der Waals surface area contributed by atoms with Crippen molar-refractivity contribution in [2.24, 2.45) is 17.6 Å². The molecule has 0 radical (unpaired) electrons. The van der Waals surface area contributed by atoms with Gasteiger partial charge < -0.3 is 25.2 Å². The molecule has 5 rings (SSSR count). The largest absolute Gasteiger partial charge is 0.391 e. The monoisotopic (exact) mass is 579 g/mol. The standard InChI is InChI=1S/C33H42ClN3O4/c1-40-16-6-5-14-33(41-2,25-10-8-15-37(21-25)32(39)23-18-28(35)30(38)19-23)26-11-7-12-27(34)31(26)24-17-22-9-3-4-13-29(22)36-20-24/h3-4,7,9,11-13,17,20,23,25,28,30,38H,5-6,8,10,14-16,18-19,21,35H2,1-2H3/t23-,25+,28+,30-,33-/m0/s1. The van der Waals surface area contributed by atoms with E-state index in [1.807, 2.05) is 41.4 Å². The van der Waals surface area contributed by atoms with E-state index in [0.717, 1.165) is 59.7 Å². The maximum atomic E-state index is 13.6. The van der Waals surface area contributed by atoms with Crippen LogP contribution in [0.25, 0.3) is 22.0 Å². The summed E-state index contributed by atoms with van der Waals surface area (Å²) in [4.78, 5) is 20.3. The highest BCUT2D eigenvalue weighted by Gasteiger charge is 2.46. The van der Waals surface area contributed by atoms with Crippen molar-refractivity contribution in [3.05, 3.63) is 65.3 Å². The van der Waals surface area contributed by atoms with Crippen molar-refractivity contribution in [1.29, 1.82) is 0 Å². The molecule has 8 heteroatoms. The minimum atomic E-state index is -0.676. The van der Waals surface area contributed by atoms with Crippen LogP contribution in [0.5, 0.6) is 0 Å². The van der Waals surface area contributed by atoms with Gasteiger partial charge in [0.2, 0.25) is 5.91 Å². The van der Waals surface area contributed by atoms with Crippen molar-refractivity contribution in [3.8, 4) is 11.1 Å². The Balaban J connectivity index is 1.54. The summed E-state index contributed by atoms with van der Waals surface area (Å²) in [6, 6.07) is 15.9. The predicted octanol–water partition coefficient (Wildman–Crippen LogP) is 5.55. The molecule has 1 aliphatic carbocycles. The van der Waals surface area contributed by atoms with E-state index >= 15 is 0 Å². The molecule has 0 spiro atoms. The third-order valence-electron chi connectivity index (χ3n) is 9.18. The number of aromatic nitrogens is 1. The summed E-state index contributed by atoms with van der Waals surface area (Å²) in [5.74, 6) is -0.0858. The summed E-state index contributed by atoms with van der Waals surface area (Å²) >= 11 is 6.99. The summed E-state index contributed by atoms with van der Waals surface area (Å²) in [5, 5.41) is 11.9. The second-order valence-electron chi connectivity index (χ2n) is 11.6. The lowest BCUT2D eigenvalue weighted by Crippen LogP contribution is -2.50. The molecule has 1 aliphatic heterocycles. The fourth-order valence-corrected chi connectivity index (χ4v) is 7.30. The van der Waals surface area contributed by atoms with Gasteiger partial charge in [0.05, 0.1) is 17.2 Å². The van der Waals surface area contributed by atoms with Crippen LogP contribution in [0.1, 0.15) is 50.5 Å². The smallest absolute Gasteiger partial charge is 0.225 e. The van der Waals surface area contributed by atoms with Crippen LogP contribution in [0.15, 0.2) is 54.7 Å². The second kappa shape index (κ2) is 13.2. The van der Waals surface area contributed by atoms with Crippen LogP contribution in [0.2, 0.25) is 5.02 Å². The summed E-state index contributed by atoms with van der Waals surface area (Å²) in [5.41, 5.74) is 9.21. The minimum Gasteiger partial charge on any atom is -0.391 e. The minimum absolute atomic E-state index is 0.0541. The van der Waals surface area contributed by atoms with Crippen molar-refractivity contribution in [2.45, 2.75) is 62.7 Å². The third kappa shape index (κ3) is 6.15.